The van der Waals surface area contributed by atoms with E-state index < -0.39 is 0 Å². The molecule has 3 heteroatoms. The van der Waals surface area contributed by atoms with Gasteiger partial charge >= 0.3 is 0 Å². The number of ketones is 1. The summed E-state index contributed by atoms with van der Waals surface area (Å²) in [6, 6.07) is 13.4. The number of pyridine rings is 1. The van der Waals surface area contributed by atoms with Gasteiger partial charge in [-0.25, -0.2) is 0 Å². The fraction of sp³-hybridized carbons (Fsp3) is 0.125. The lowest BCUT2D eigenvalue weighted by Crippen LogP contribution is -2.01. The number of hydrogen-bond acceptors (Lipinski definition) is 3. The zero-order valence-electron chi connectivity index (χ0n) is 10.4. The number of aromatic nitrogens is 1. The van der Waals surface area contributed by atoms with Crippen LogP contribution in [0.3, 0.4) is 0 Å². The van der Waals surface area contributed by atoms with Gasteiger partial charge in [0.2, 0.25) is 0 Å². The number of benzene rings is 1. The second-order valence-corrected chi connectivity index (χ2v) is 4.42. The minimum absolute atomic E-state index is 0.0923. The maximum Gasteiger partial charge on any atom is 0.164 e. The number of carbonyl (C=O) groups excluding carboxylic acids is 1. The molecule has 3 aromatic rings. The van der Waals surface area contributed by atoms with Gasteiger partial charge in [-0.2, -0.15) is 0 Å². The van der Waals surface area contributed by atoms with Crippen LogP contribution < -0.4 is 0 Å². The number of rotatable bonds is 4. The second kappa shape index (κ2) is 5.06. The van der Waals surface area contributed by atoms with E-state index in [4.69, 9.17) is 4.42 Å². The van der Waals surface area contributed by atoms with Gasteiger partial charge in [-0.3, -0.25) is 9.78 Å². The van der Waals surface area contributed by atoms with Crippen LogP contribution in [0.1, 0.15) is 22.5 Å². The highest BCUT2D eigenvalue weighted by Crippen LogP contribution is 2.15. The number of fused-ring (bicyclic) bond motifs is 1. The summed E-state index contributed by atoms with van der Waals surface area (Å²) < 4.78 is 5.22. The lowest BCUT2D eigenvalue weighted by molar-refractivity contribution is 0.0980. The van der Waals surface area contributed by atoms with E-state index in [0.29, 0.717) is 18.4 Å². The van der Waals surface area contributed by atoms with Crippen LogP contribution in [0.15, 0.2) is 59.3 Å². The Hall–Kier alpha value is -2.42. The van der Waals surface area contributed by atoms with E-state index in [0.717, 1.165) is 16.7 Å². The van der Waals surface area contributed by atoms with Gasteiger partial charge in [0, 0.05) is 30.0 Å². The first-order valence-corrected chi connectivity index (χ1v) is 6.23. The minimum atomic E-state index is 0.0923. The van der Waals surface area contributed by atoms with Crippen molar-refractivity contribution < 1.29 is 9.21 Å². The van der Waals surface area contributed by atoms with Crippen molar-refractivity contribution in [3.63, 3.8) is 0 Å². The molecule has 3 nitrogen and oxygen atoms in total. The highest BCUT2D eigenvalue weighted by atomic mass is 16.3. The number of carbonyl (C=O) groups is 1. The summed E-state index contributed by atoms with van der Waals surface area (Å²) in [5.74, 6) is 0.928. The maximum atomic E-state index is 12.1. The molecule has 0 unspecified atom stereocenters. The number of para-hydroxylation sites is 1. The van der Waals surface area contributed by atoms with Crippen molar-refractivity contribution >= 4 is 16.7 Å². The average Bonchev–Trinajstić information content (AvgIpc) is 2.97. The Morgan fingerprint density at radius 3 is 2.89 bits per heavy atom. The van der Waals surface area contributed by atoms with Crippen molar-refractivity contribution in [2.45, 2.75) is 12.8 Å². The Labute approximate surface area is 110 Å². The highest BCUT2D eigenvalue weighted by Gasteiger charge is 2.08. The van der Waals surface area contributed by atoms with Gasteiger partial charge in [0.15, 0.2) is 5.78 Å². The lowest BCUT2D eigenvalue weighted by Gasteiger charge is -2.02. The smallest absolute Gasteiger partial charge is 0.164 e. The van der Waals surface area contributed by atoms with Crippen molar-refractivity contribution in [1.82, 2.24) is 4.98 Å². The molecular formula is C16H13NO2. The molecule has 1 aromatic carbocycles. The Bertz CT molecular complexity index is 702. The summed E-state index contributed by atoms with van der Waals surface area (Å²) in [5.41, 5.74) is 1.57. The molecule has 94 valence electrons. The SMILES string of the molecule is O=C(CCc1ccco1)c1cnc2ccccc2c1. The van der Waals surface area contributed by atoms with Crippen LogP contribution in [-0.4, -0.2) is 10.8 Å². The molecule has 0 saturated carbocycles. The topological polar surface area (TPSA) is 43.1 Å². The average molecular weight is 251 g/mol. The van der Waals surface area contributed by atoms with Gasteiger partial charge in [-0.1, -0.05) is 18.2 Å². The molecule has 2 aromatic heterocycles. The van der Waals surface area contributed by atoms with Crippen molar-refractivity contribution in [1.29, 1.82) is 0 Å². The molecule has 0 aliphatic heterocycles. The first kappa shape index (κ1) is 11.7. The van der Waals surface area contributed by atoms with Crippen LogP contribution in [-0.2, 0) is 6.42 Å². The zero-order valence-corrected chi connectivity index (χ0v) is 10.4. The minimum Gasteiger partial charge on any atom is -0.469 e. The lowest BCUT2D eigenvalue weighted by atomic mass is 10.1. The predicted molar refractivity (Wildman–Crippen MR) is 73.1 cm³/mol. The van der Waals surface area contributed by atoms with E-state index in [2.05, 4.69) is 4.98 Å². The number of aryl methyl sites for hydroxylation is 1. The Kier molecular flexibility index (Phi) is 3.11. The van der Waals surface area contributed by atoms with E-state index in [-0.39, 0.29) is 5.78 Å². The van der Waals surface area contributed by atoms with Gasteiger partial charge in [0.1, 0.15) is 5.76 Å². The maximum absolute atomic E-state index is 12.1. The molecule has 0 atom stereocenters. The molecule has 3 rings (SSSR count). The largest absolute Gasteiger partial charge is 0.469 e. The number of Topliss-reactive ketones (excluding diaryl/α,β-unsaturated/α-hetero) is 1. The van der Waals surface area contributed by atoms with Gasteiger partial charge in [0.25, 0.3) is 0 Å². The molecule has 0 fully saturated rings. The first-order valence-electron chi connectivity index (χ1n) is 6.23. The highest BCUT2D eigenvalue weighted by molar-refractivity contribution is 5.98. The molecule has 0 radical (unpaired) electrons. The fourth-order valence-corrected chi connectivity index (χ4v) is 2.06. The third kappa shape index (κ3) is 2.55. The fourth-order valence-electron chi connectivity index (χ4n) is 2.06. The van der Waals surface area contributed by atoms with Crippen LogP contribution in [0.4, 0.5) is 0 Å². The predicted octanol–water partition coefficient (Wildman–Crippen LogP) is 3.64. The quantitative estimate of drug-likeness (QED) is 0.665. The molecule has 0 amide bonds. The zero-order chi connectivity index (χ0) is 13.1. The van der Waals surface area contributed by atoms with Gasteiger partial charge in [0.05, 0.1) is 11.8 Å². The Balaban J connectivity index is 1.77. The van der Waals surface area contributed by atoms with Crippen molar-refractivity contribution in [3.05, 3.63) is 66.2 Å². The van der Waals surface area contributed by atoms with Crippen LogP contribution in [0.5, 0.6) is 0 Å². The standard InChI is InChI=1S/C16H13NO2/c18-16(8-7-14-5-3-9-19-14)13-10-12-4-1-2-6-15(12)17-11-13/h1-6,9-11H,7-8H2. The van der Waals surface area contributed by atoms with Crippen LogP contribution in [0.25, 0.3) is 10.9 Å². The summed E-state index contributed by atoms with van der Waals surface area (Å²) in [7, 11) is 0. The van der Waals surface area contributed by atoms with Gasteiger partial charge in [-0.05, 0) is 24.3 Å². The van der Waals surface area contributed by atoms with E-state index in [1.807, 2.05) is 42.5 Å². The van der Waals surface area contributed by atoms with Crippen molar-refractivity contribution in [3.8, 4) is 0 Å². The van der Waals surface area contributed by atoms with Crippen molar-refractivity contribution in [2.75, 3.05) is 0 Å². The molecule has 2 heterocycles. The van der Waals surface area contributed by atoms with Crippen molar-refractivity contribution in [2.24, 2.45) is 0 Å². The molecule has 19 heavy (non-hydrogen) atoms. The molecule has 0 N–H and O–H groups in total. The monoisotopic (exact) mass is 251 g/mol. The summed E-state index contributed by atoms with van der Waals surface area (Å²) in [6.45, 7) is 0. The summed E-state index contributed by atoms with van der Waals surface area (Å²) in [4.78, 5) is 16.4. The van der Waals surface area contributed by atoms with E-state index in [1.54, 1.807) is 12.5 Å². The first-order chi connectivity index (χ1) is 9.33. The number of furan rings is 1. The second-order valence-electron chi connectivity index (χ2n) is 4.42. The third-order valence-corrected chi connectivity index (χ3v) is 3.09. The summed E-state index contributed by atoms with van der Waals surface area (Å²) in [5, 5.41) is 0.992. The van der Waals surface area contributed by atoms with Crippen LogP contribution >= 0.6 is 0 Å². The van der Waals surface area contributed by atoms with Gasteiger partial charge < -0.3 is 4.42 Å². The van der Waals surface area contributed by atoms with E-state index in [1.165, 1.54) is 0 Å². The summed E-state index contributed by atoms with van der Waals surface area (Å²) >= 11 is 0. The molecule has 0 bridgehead atoms. The number of nitrogens with zero attached hydrogens (tertiary/aromatic N) is 1. The molecular weight excluding hydrogens is 238 g/mol. The molecule has 0 aliphatic rings. The van der Waals surface area contributed by atoms with E-state index in [9.17, 15) is 4.79 Å². The molecule has 0 saturated heterocycles. The van der Waals surface area contributed by atoms with Crippen LogP contribution in [0, 0.1) is 0 Å². The normalized spacial score (nSPS) is 10.7. The molecule has 0 spiro atoms. The third-order valence-electron chi connectivity index (χ3n) is 3.09. The van der Waals surface area contributed by atoms with E-state index >= 15 is 0 Å². The Morgan fingerprint density at radius 1 is 1.16 bits per heavy atom. The summed E-state index contributed by atoms with van der Waals surface area (Å²) in [6.07, 6.45) is 4.33. The van der Waals surface area contributed by atoms with Gasteiger partial charge in [-0.15, -0.1) is 0 Å². The Morgan fingerprint density at radius 2 is 2.05 bits per heavy atom. The van der Waals surface area contributed by atoms with Crippen LogP contribution in [0.2, 0.25) is 0 Å². The number of hydrogen-bond donors (Lipinski definition) is 0. The molecule has 0 aliphatic carbocycles.